The maximum atomic E-state index is 12.2. The van der Waals surface area contributed by atoms with Crippen LogP contribution in [0.2, 0.25) is 0 Å². The van der Waals surface area contributed by atoms with Gasteiger partial charge in [0, 0.05) is 13.5 Å². The highest BCUT2D eigenvalue weighted by Gasteiger charge is 2.39. The fourth-order valence-corrected chi connectivity index (χ4v) is 2.13. The van der Waals surface area contributed by atoms with Crippen LogP contribution in [0.25, 0.3) is 0 Å². The third-order valence-corrected chi connectivity index (χ3v) is 3.81. The molecule has 0 saturated carbocycles. The van der Waals surface area contributed by atoms with Gasteiger partial charge in [0.1, 0.15) is 11.5 Å². The van der Waals surface area contributed by atoms with E-state index >= 15 is 0 Å². The van der Waals surface area contributed by atoms with Crippen molar-refractivity contribution >= 4 is 17.7 Å². The Bertz CT molecular complexity index is 435. The standard InChI is InChI=1S/C13H19N3O3/c1-4-13(5-2,8-14)12(19)15-9-6-7-10(17)16(3)11(9)18/h9H,4-7H2,1-3H3,(H,15,19). The van der Waals surface area contributed by atoms with Crippen LogP contribution in [0.15, 0.2) is 0 Å². The zero-order valence-electron chi connectivity index (χ0n) is 11.5. The zero-order chi connectivity index (χ0) is 14.6. The maximum absolute atomic E-state index is 12.2. The average Bonchev–Trinajstić information content (AvgIpc) is 2.42. The molecular weight excluding hydrogens is 246 g/mol. The Morgan fingerprint density at radius 1 is 1.47 bits per heavy atom. The Balaban J connectivity index is 2.80. The van der Waals surface area contributed by atoms with Gasteiger partial charge in [0.25, 0.3) is 5.91 Å². The summed E-state index contributed by atoms with van der Waals surface area (Å²) in [7, 11) is 1.40. The quantitative estimate of drug-likeness (QED) is 0.753. The van der Waals surface area contributed by atoms with Crippen LogP contribution in [0.3, 0.4) is 0 Å². The van der Waals surface area contributed by atoms with Gasteiger partial charge >= 0.3 is 0 Å². The number of rotatable bonds is 4. The van der Waals surface area contributed by atoms with Crippen LogP contribution < -0.4 is 5.32 Å². The smallest absolute Gasteiger partial charge is 0.251 e. The molecule has 1 unspecified atom stereocenters. The number of hydrogen-bond acceptors (Lipinski definition) is 4. The van der Waals surface area contributed by atoms with Crippen LogP contribution in [0.4, 0.5) is 0 Å². The fraction of sp³-hybridized carbons (Fsp3) is 0.692. The molecular formula is C13H19N3O3. The highest BCUT2D eigenvalue weighted by atomic mass is 16.2. The Kier molecular flexibility index (Phi) is 4.65. The van der Waals surface area contributed by atoms with Crippen LogP contribution >= 0.6 is 0 Å². The minimum absolute atomic E-state index is 0.227. The zero-order valence-corrected chi connectivity index (χ0v) is 11.5. The van der Waals surface area contributed by atoms with Crippen LogP contribution in [-0.4, -0.2) is 35.7 Å². The van der Waals surface area contributed by atoms with E-state index in [1.165, 1.54) is 7.05 Å². The molecule has 0 spiro atoms. The van der Waals surface area contributed by atoms with Crippen LogP contribution in [0.5, 0.6) is 0 Å². The van der Waals surface area contributed by atoms with Gasteiger partial charge in [-0.15, -0.1) is 0 Å². The largest absolute Gasteiger partial charge is 0.343 e. The SMILES string of the molecule is CCC(C#N)(CC)C(=O)NC1CCC(=O)N(C)C1=O. The van der Waals surface area contributed by atoms with Crippen LogP contribution in [-0.2, 0) is 14.4 Å². The molecule has 19 heavy (non-hydrogen) atoms. The fourth-order valence-electron chi connectivity index (χ4n) is 2.13. The highest BCUT2D eigenvalue weighted by Crippen LogP contribution is 2.26. The van der Waals surface area contributed by atoms with E-state index < -0.39 is 23.3 Å². The van der Waals surface area contributed by atoms with E-state index in [1.807, 2.05) is 6.07 Å². The van der Waals surface area contributed by atoms with E-state index in [0.29, 0.717) is 19.3 Å². The molecule has 1 N–H and O–H groups in total. The molecule has 1 heterocycles. The van der Waals surface area contributed by atoms with Gasteiger partial charge in [-0.05, 0) is 19.3 Å². The molecule has 3 amide bonds. The van der Waals surface area contributed by atoms with Gasteiger partial charge in [-0.1, -0.05) is 13.8 Å². The second-order valence-electron chi connectivity index (χ2n) is 4.76. The van der Waals surface area contributed by atoms with Gasteiger partial charge in [-0.25, -0.2) is 0 Å². The number of piperidine rings is 1. The third kappa shape index (κ3) is 2.75. The first kappa shape index (κ1) is 15.2. The number of likely N-dealkylation sites (tertiary alicyclic amines) is 1. The van der Waals surface area contributed by atoms with E-state index in [0.717, 1.165) is 4.90 Å². The van der Waals surface area contributed by atoms with Crippen molar-refractivity contribution in [1.29, 1.82) is 5.26 Å². The number of amides is 3. The summed E-state index contributed by atoms with van der Waals surface area (Å²) in [6, 6.07) is 1.33. The lowest BCUT2D eigenvalue weighted by molar-refractivity contribution is -0.150. The number of nitrogens with one attached hydrogen (secondary N) is 1. The van der Waals surface area contributed by atoms with Gasteiger partial charge in [-0.2, -0.15) is 5.26 Å². The molecule has 0 aliphatic carbocycles. The van der Waals surface area contributed by atoms with Crippen molar-refractivity contribution in [2.45, 2.75) is 45.6 Å². The molecule has 104 valence electrons. The molecule has 1 atom stereocenters. The summed E-state index contributed by atoms with van der Waals surface area (Å²) in [5, 5.41) is 11.8. The molecule has 1 fully saturated rings. The number of carbonyl (C=O) groups is 3. The third-order valence-electron chi connectivity index (χ3n) is 3.81. The molecule has 6 nitrogen and oxygen atoms in total. The van der Waals surface area contributed by atoms with Crippen molar-refractivity contribution in [3.05, 3.63) is 0 Å². The summed E-state index contributed by atoms with van der Waals surface area (Å²) in [5.41, 5.74) is -1.10. The highest BCUT2D eigenvalue weighted by molar-refractivity contribution is 6.02. The lowest BCUT2D eigenvalue weighted by Gasteiger charge is -2.31. The predicted octanol–water partition coefficient (Wildman–Crippen LogP) is 0.580. The van der Waals surface area contributed by atoms with Gasteiger partial charge in [0.05, 0.1) is 6.07 Å². The van der Waals surface area contributed by atoms with Crippen molar-refractivity contribution in [3.8, 4) is 6.07 Å². The Morgan fingerprint density at radius 3 is 2.53 bits per heavy atom. The summed E-state index contributed by atoms with van der Waals surface area (Å²) < 4.78 is 0. The molecule has 0 aromatic rings. The first-order valence-corrected chi connectivity index (χ1v) is 6.44. The van der Waals surface area contributed by atoms with E-state index in [4.69, 9.17) is 0 Å². The van der Waals surface area contributed by atoms with Crippen molar-refractivity contribution < 1.29 is 14.4 Å². The van der Waals surface area contributed by atoms with E-state index in [9.17, 15) is 19.6 Å². The molecule has 6 heteroatoms. The molecule has 0 aromatic heterocycles. The summed E-state index contributed by atoms with van der Waals surface area (Å²) in [5.74, 6) is -1.09. The van der Waals surface area contributed by atoms with E-state index in [2.05, 4.69) is 5.32 Å². The summed E-state index contributed by atoms with van der Waals surface area (Å²) in [6.07, 6.45) is 1.30. The second-order valence-corrected chi connectivity index (χ2v) is 4.76. The molecule has 0 bridgehead atoms. The first-order valence-electron chi connectivity index (χ1n) is 6.44. The minimum Gasteiger partial charge on any atom is -0.343 e. The van der Waals surface area contributed by atoms with Crippen LogP contribution in [0.1, 0.15) is 39.5 Å². The van der Waals surface area contributed by atoms with Crippen molar-refractivity contribution in [2.24, 2.45) is 5.41 Å². The van der Waals surface area contributed by atoms with Crippen molar-refractivity contribution in [3.63, 3.8) is 0 Å². The predicted molar refractivity (Wildman–Crippen MR) is 67.6 cm³/mol. The number of hydrogen-bond donors (Lipinski definition) is 1. The Morgan fingerprint density at radius 2 is 2.05 bits per heavy atom. The number of likely N-dealkylation sites (N-methyl/N-ethyl adjacent to an activating group) is 1. The second kappa shape index (κ2) is 5.83. The first-order chi connectivity index (χ1) is 8.91. The van der Waals surface area contributed by atoms with Gasteiger partial charge in [0.15, 0.2) is 0 Å². The van der Waals surface area contributed by atoms with Gasteiger partial charge in [0.2, 0.25) is 11.8 Å². The molecule has 1 saturated heterocycles. The molecule has 1 aliphatic heterocycles. The normalized spacial score (nSPS) is 20.1. The number of imide groups is 1. The topological polar surface area (TPSA) is 90.3 Å². The van der Waals surface area contributed by atoms with Crippen LogP contribution in [0, 0.1) is 16.7 Å². The van der Waals surface area contributed by atoms with Gasteiger partial charge in [-0.3, -0.25) is 19.3 Å². The lowest BCUT2D eigenvalue weighted by Crippen LogP contribution is -2.55. The molecule has 1 rings (SSSR count). The number of carbonyl (C=O) groups excluding carboxylic acids is 3. The number of nitrogens with zero attached hydrogens (tertiary/aromatic N) is 2. The number of nitriles is 1. The van der Waals surface area contributed by atoms with E-state index in [1.54, 1.807) is 13.8 Å². The summed E-state index contributed by atoms with van der Waals surface area (Å²) >= 11 is 0. The molecule has 0 radical (unpaired) electrons. The van der Waals surface area contributed by atoms with Crippen molar-refractivity contribution in [1.82, 2.24) is 10.2 Å². The maximum Gasteiger partial charge on any atom is 0.251 e. The van der Waals surface area contributed by atoms with E-state index in [-0.39, 0.29) is 12.3 Å². The van der Waals surface area contributed by atoms with Crippen molar-refractivity contribution in [2.75, 3.05) is 7.05 Å². The summed E-state index contributed by atoms with van der Waals surface area (Å²) in [4.78, 5) is 36.4. The average molecular weight is 265 g/mol. The van der Waals surface area contributed by atoms with Gasteiger partial charge < -0.3 is 5.32 Å². The minimum atomic E-state index is -1.10. The Labute approximate surface area is 112 Å². The molecule has 1 aliphatic rings. The molecule has 0 aromatic carbocycles. The Hall–Kier alpha value is -1.90. The monoisotopic (exact) mass is 265 g/mol. The lowest BCUT2D eigenvalue weighted by atomic mass is 9.82. The summed E-state index contributed by atoms with van der Waals surface area (Å²) in [6.45, 7) is 3.54.